The number of oxazole rings is 1. The van der Waals surface area contributed by atoms with Gasteiger partial charge in [0.15, 0.2) is 5.58 Å². The van der Waals surface area contributed by atoms with Crippen LogP contribution in [-0.2, 0) is 0 Å². The zero-order valence-electron chi connectivity index (χ0n) is 15.4. The third kappa shape index (κ3) is 3.27. The van der Waals surface area contributed by atoms with Gasteiger partial charge in [0, 0.05) is 11.3 Å². The summed E-state index contributed by atoms with van der Waals surface area (Å²) in [4.78, 5) is 17.2. The van der Waals surface area contributed by atoms with E-state index in [4.69, 9.17) is 13.9 Å². The molecule has 28 heavy (non-hydrogen) atoms. The average molecular weight is 374 g/mol. The van der Waals surface area contributed by atoms with E-state index in [9.17, 15) is 4.79 Å². The fourth-order valence-electron chi connectivity index (χ4n) is 2.96. The van der Waals surface area contributed by atoms with E-state index in [2.05, 4.69) is 10.3 Å². The maximum absolute atomic E-state index is 12.7. The Balaban J connectivity index is 1.57. The molecule has 3 aromatic carbocycles. The Morgan fingerprint density at radius 1 is 0.893 bits per heavy atom. The van der Waals surface area contributed by atoms with Crippen molar-refractivity contribution in [1.29, 1.82) is 0 Å². The summed E-state index contributed by atoms with van der Waals surface area (Å²) in [5.41, 5.74) is 3.34. The molecular formula is C22H18N2O4. The number of benzene rings is 3. The van der Waals surface area contributed by atoms with E-state index in [-0.39, 0.29) is 5.91 Å². The fourth-order valence-corrected chi connectivity index (χ4v) is 2.96. The molecule has 0 saturated carbocycles. The zero-order chi connectivity index (χ0) is 19.5. The van der Waals surface area contributed by atoms with Gasteiger partial charge in [-0.1, -0.05) is 18.2 Å². The van der Waals surface area contributed by atoms with Crippen LogP contribution < -0.4 is 14.8 Å². The highest BCUT2D eigenvalue weighted by Crippen LogP contribution is 2.30. The largest absolute Gasteiger partial charge is 0.496 e. The van der Waals surface area contributed by atoms with Crippen LogP contribution in [0.1, 0.15) is 10.4 Å². The summed E-state index contributed by atoms with van der Waals surface area (Å²) in [7, 11) is 3.03. The molecule has 0 fully saturated rings. The van der Waals surface area contributed by atoms with E-state index in [1.165, 1.54) is 14.2 Å². The second kappa shape index (κ2) is 7.44. The molecule has 0 spiro atoms. The molecule has 0 saturated heterocycles. The summed E-state index contributed by atoms with van der Waals surface area (Å²) in [6.45, 7) is 0. The molecule has 140 valence electrons. The van der Waals surface area contributed by atoms with Crippen LogP contribution in [0.3, 0.4) is 0 Å². The molecular weight excluding hydrogens is 356 g/mol. The van der Waals surface area contributed by atoms with Crippen molar-refractivity contribution >= 4 is 22.7 Å². The summed E-state index contributed by atoms with van der Waals surface area (Å²) in [5.74, 6) is 1.11. The van der Waals surface area contributed by atoms with E-state index in [0.717, 1.165) is 16.7 Å². The van der Waals surface area contributed by atoms with Crippen molar-refractivity contribution in [2.24, 2.45) is 0 Å². The Hall–Kier alpha value is -3.80. The minimum absolute atomic E-state index is 0.316. The SMILES string of the molecule is COc1cccc(OC)c1C(=O)Nc1ccc(-c2nc3ccccc3o2)cc1. The molecule has 0 aliphatic heterocycles. The number of carbonyl (C=O) groups is 1. The van der Waals surface area contributed by atoms with Crippen molar-refractivity contribution in [3.05, 3.63) is 72.3 Å². The molecule has 0 radical (unpaired) electrons. The van der Waals surface area contributed by atoms with Crippen molar-refractivity contribution in [1.82, 2.24) is 4.98 Å². The van der Waals surface area contributed by atoms with Crippen molar-refractivity contribution in [3.63, 3.8) is 0 Å². The number of hydrogen-bond donors (Lipinski definition) is 1. The Morgan fingerprint density at radius 2 is 1.57 bits per heavy atom. The average Bonchev–Trinajstić information content (AvgIpc) is 3.17. The van der Waals surface area contributed by atoms with Crippen LogP contribution >= 0.6 is 0 Å². The van der Waals surface area contributed by atoms with Gasteiger partial charge in [0.1, 0.15) is 22.6 Å². The summed E-state index contributed by atoms with van der Waals surface area (Å²) >= 11 is 0. The van der Waals surface area contributed by atoms with Gasteiger partial charge in [0.05, 0.1) is 14.2 Å². The Morgan fingerprint density at radius 3 is 2.21 bits per heavy atom. The summed E-state index contributed by atoms with van der Waals surface area (Å²) in [5, 5.41) is 2.86. The molecule has 0 unspecified atom stereocenters. The Labute approximate surface area is 161 Å². The third-order valence-electron chi connectivity index (χ3n) is 4.34. The highest BCUT2D eigenvalue weighted by Gasteiger charge is 2.18. The number of nitrogens with zero attached hydrogens (tertiary/aromatic N) is 1. The molecule has 1 N–H and O–H groups in total. The summed E-state index contributed by atoms with van der Waals surface area (Å²) < 4.78 is 16.4. The maximum atomic E-state index is 12.7. The van der Waals surface area contributed by atoms with Crippen LogP contribution in [0.5, 0.6) is 11.5 Å². The van der Waals surface area contributed by atoms with E-state index >= 15 is 0 Å². The first kappa shape index (κ1) is 17.6. The van der Waals surface area contributed by atoms with Crippen molar-refractivity contribution in [2.45, 2.75) is 0 Å². The second-order valence-corrected chi connectivity index (χ2v) is 6.06. The number of amides is 1. The van der Waals surface area contributed by atoms with E-state index < -0.39 is 0 Å². The van der Waals surface area contributed by atoms with Gasteiger partial charge >= 0.3 is 0 Å². The maximum Gasteiger partial charge on any atom is 0.263 e. The van der Waals surface area contributed by atoms with Gasteiger partial charge in [-0.15, -0.1) is 0 Å². The van der Waals surface area contributed by atoms with Crippen LogP contribution in [0.25, 0.3) is 22.6 Å². The molecule has 6 nitrogen and oxygen atoms in total. The zero-order valence-corrected chi connectivity index (χ0v) is 15.4. The standard InChI is InChI=1S/C22H18N2O4/c1-26-18-8-5-9-19(27-2)20(18)21(25)23-15-12-10-14(11-13-15)22-24-16-6-3-4-7-17(16)28-22/h3-13H,1-2H3,(H,23,25). The number of methoxy groups -OCH3 is 2. The summed E-state index contributed by atoms with van der Waals surface area (Å²) in [6, 6.07) is 20.1. The minimum atomic E-state index is -0.316. The van der Waals surface area contributed by atoms with Crippen molar-refractivity contribution < 1.29 is 18.7 Å². The topological polar surface area (TPSA) is 73.6 Å². The Kier molecular flexibility index (Phi) is 4.68. The molecule has 1 aromatic heterocycles. The first-order valence-corrected chi connectivity index (χ1v) is 8.68. The molecule has 6 heteroatoms. The van der Waals surface area contributed by atoms with Gasteiger partial charge in [0.25, 0.3) is 5.91 Å². The van der Waals surface area contributed by atoms with E-state index in [0.29, 0.717) is 28.6 Å². The number of carbonyl (C=O) groups excluding carboxylic acids is 1. The number of para-hydroxylation sites is 2. The predicted octanol–water partition coefficient (Wildman–Crippen LogP) is 4.76. The number of hydrogen-bond acceptors (Lipinski definition) is 5. The molecule has 4 aromatic rings. The molecule has 0 aliphatic rings. The number of aromatic nitrogens is 1. The van der Waals surface area contributed by atoms with Crippen LogP contribution in [0.2, 0.25) is 0 Å². The summed E-state index contributed by atoms with van der Waals surface area (Å²) in [6.07, 6.45) is 0. The van der Waals surface area contributed by atoms with Gasteiger partial charge in [-0.2, -0.15) is 0 Å². The minimum Gasteiger partial charge on any atom is -0.496 e. The second-order valence-electron chi connectivity index (χ2n) is 6.06. The van der Waals surface area contributed by atoms with Crippen LogP contribution in [0, 0.1) is 0 Å². The number of nitrogens with one attached hydrogen (secondary N) is 1. The molecule has 0 aliphatic carbocycles. The third-order valence-corrected chi connectivity index (χ3v) is 4.34. The van der Waals surface area contributed by atoms with Crippen LogP contribution in [-0.4, -0.2) is 25.1 Å². The van der Waals surface area contributed by atoms with Gasteiger partial charge in [-0.25, -0.2) is 4.98 Å². The van der Waals surface area contributed by atoms with Crippen molar-refractivity contribution in [3.8, 4) is 23.0 Å². The number of ether oxygens (including phenoxy) is 2. The number of rotatable bonds is 5. The van der Waals surface area contributed by atoms with Gasteiger partial charge < -0.3 is 19.2 Å². The van der Waals surface area contributed by atoms with E-state index in [1.807, 2.05) is 36.4 Å². The lowest BCUT2D eigenvalue weighted by Crippen LogP contribution is -2.14. The van der Waals surface area contributed by atoms with Gasteiger partial charge in [-0.3, -0.25) is 4.79 Å². The number of fused-ring (bicyclic) bond motifs is 1. The highest BCUT2D eigenvalue weighted by molar-refractivity contribution is 6.08. The first-order valence-electron chi connectivity index (χ1n) is 8.68. The van der Waals surface area contributed by atoms with E-state index in [1.54, 1.807) is 30.3 Å². The first-order chi connectivity index (χ1) is 13.7. The van der Waals surface area contributed by atoms with Gasteiger partial charge in [0.2, 0.25) is 5.89 Å². The van der Waals surface area contributed by atoms with Crippen LogP contribution in [0.15, 0.2) is 71.1 Å². The molecule has 0 bridgehead atoms. The monoisotopic (exact) mass is 374 g/mol. The molecule has 4 rings (SSSR count). The lowest BCUT2D eigenvalue weighted by molar-refractivity contribution is 0.102. The predicted molar refractivity (Wildman–Crippen MR) is 107 cm³/mol. The highest BCUT2D eigenvalue weighted by atomic mass is 16.5. The van der Waals surface area contributed by atoms with Gasteiger partial charge in [-0.05, 0) is 48.5 Å². The normalized spacial score (nSPS) is 10.6. The van der Waals surface area contributed by atoms with Crippen LogP contribution in [0.4, 0.5) is 5.69 Å². The molecule has 1 heterocycles. The smallest absolute Gasteiger partial charge is 0.263 e. The number of anilines is 1. The Bertz CT molecular complexity index is 1080. The van der Waals surface area contributed by atoms with Crippen molar-refractivity contribution in [2.75, 3.05) is 19.5 Å². The lowest BCUT2D eigenvalue weighted by atomic mass is 10.1. The quantitative estimate of drug-likeness (QED) is 0.545. The fraction of sp³-hybridized carbons (Fsp3) is 0.0909. The molecule has 1 amide bonds. The molecule has 0 atom stereocenters. The lowest BCUT2D eigenvalue weighted by Gasteiger charge is -2.13.